The molecule has 0 bridgehead atoms. The zero-order valence-electron chi connectivity index (χ0n) is 10.2. The molecular weight excluding hydrogens is 228 g/mol. The molecule has 0 aliphatic carbocycles. The fraction of sp³-hybridized carbons (Fsp3) is 0.800. The third kappa shape index (κ3) is 6.75. The Hall–Kier alpha value is -1.34. The summed E-state index contributed by atoms with van der Waals surface area (Å²) < 4.78 is 4.86. The van der Waals surface area contributed by atoms with Crippen molar-refractivity contribution in [2.45, 2.75) is 19.4 Å². The first-order valence-corrected chi connectivity index (χ1v) is 5.45. The van der Waals surface area contributed by atoms with Crippen LogP contribution in [0.3, 0.4) is 0 Å². The number of likely N-dealkylation sites (N-methyl/N-ethyl adjacent to an activating group) is 1. The van der Waals surface area contributed by atoms with E-state index in [4.69, 9.17) is 14.9 Å². The fourth-order valence-corrected chi connectivity index (χ4v) is 1.16. The average Bonchev–Trinajstić information content (AvgIpc) is 2.29. The second-order valence-electron chi connectivity index (χ2n) is 3.45. The summed E-state index contributed by atoms with van der Waals surface area (Å²) in [6.07, 6.45) is -1.45. The summed E-state index contributed by atoms with van der Waals surface area (Å²) in [7, 11) is 1.55. The van der Waals surface area contributed by atoms with Gasteiger partial charge in [0.05, 0.1) is 6.61 Å². The minimum Gasteiger partial charge on any atom is -0.479 e. The summed E-state index contributed by atoms with van der Waals surface area (Å²) in [5.41, 5.74) is 0. The van der Waals surface area contributed by atoms with Gasteiger partial charge in [0.2, 0.25) is 0 Å². The molecular formula is C10H20N2O5. The molecule has 0 aliphatic rings. The molecule has 0 radical (unpaired) electrons. The number of aliphatic carboxylic acids is 1. The summed E-state index contributed by atoms with van der Waals surface area (Å²) in [5.74, 6) is -1.29. The Balaban J connectivity index is 3.86. The van der Waals surface area contributed by atoms with E-state index in [0.717, 1.165) is 0 Å². The van der Waals surface area contributed by atoms with Crippen molar-refractivity contribution < 1.29 is 24.5 Å². The van der Waals surface area contributed by atoms with E-state index in [0.29, 0.717) is 19.7 Å². The lowest BCUT2D eigenvalue weighted by Gasteiger charge is -2.21. The minimum absolute atomic E-state index is 0.0110. The van der Waals surface area contributed by atoms with Crippen molar-refractivity contribution in [3.63, 3.8) is 0 Å². The maximum Gasteiger partial charge on any atom is 0.332 e. The molecule has 0 aromatic heterocycles. The highest BCUT2D eigenvalue weighted by Gasteiger charge is 2.14. The zero-order chi connectivity index (χ0) is 13.3. The molecule has 0 saturated carbocycles. The van der Waals surface area contributed by atoms with Crippen LogP contribution >= 0.6 is 0 Å². The summed E-state index contributed by atoms with van der Waals surface area (Å²) in [6, 6.07) is -0.290. The SMILES string of the molecule is CCN(CCOC)C(=O)NCCC(O)C(=O)O. The van der Waals surface area contributed by atoms with E-state index in [2.05, 4.69) is 5.32 Å². The van der Waals surface area contributed by atoms with Crippen LogP contribution in [0.5, 0.6) is 0 Å². The van der Waals surface area contributed by atoms with Crippen molar-refractivity contribution in [1.29, 1.82) is 0 Å². The van der Waals surface area contributed by atoms with E-state index in [9.17, 15) is 9.59 Å². The van der Waals surface area contributed by atoms with Crippen LogP contribution in [-0.2, 0) is 9.53 Å². The molecule has 1 unspecified atom stereocenters. The number of carboxylic acid groups (broad SMARTS) is 1. The molecule has 1 atom stereocenters. The van der Waals surface area contributed by atoms with Gasteiger partial charge in [0.25, 0.3) is 0 Å². The number of carbonyl (C=O) groups is 2. The second-order valence-corrected chi connectivity index (χ2v) is 3.45. The van der Waals surface area contributed by atoms with Crippen molar-refractivity contribution in [1.82, 2.24) is 10.2 Å². The number of amides is 2. The largest absolute Gasteiger partial charge is 0.479 e. The number of methoxy groups -OCH3 is 1. The highest BCUT2D eigenvalue weighted by molar-refractivity contribution is 5.74. The summed E-state index contributed by atoms with van der Waals surface area (Å²) in [5, 5.41) is 20.0. The Morgan fingerprint density at radius 1 is 1.47 bits per heavy atom. The van der Waals surface area contributed by atoms with Crippen LogP contribution < -0.4 is 5.32 Å². The van der Waals surface area contributed by atoms with Crippen molar-refractivity contribution in [2.24, 2.45) is 0 Å². The molecule has 0 aromatic rings. The normalized spacial score (nSPS) is 11.9. The van der Waals surface area contributed by atoms with Gasteiger partial charge in [0.15, 0.2) is 6.10 Å². The zero-order valence-corrected chi connectivity index (χ0v) is 10.2. The number of hydrogen-bond acceptors (Lipinski definition) is 4. The van der Waals surface area contributed by atoms with Crippen molar-refractivity contribution >= 4 is 12.0 Å². The number of hydrogen-bond donors (Lipinski definition) is 3. The average molecular weight is 248 g/mol. The van der Waals surface area contributed by atoms with Gasteiger partial charge in [-0.25, -0.2) is 9.59 Å². The number of nitrogens with one attached hydrogen (secondary N) is 1. The number of rotatable bonds is 8. The first-order valence-electron chi connectivity index (χ1n) is 5.45. The minimum atomic E-state index is -1.44. The van der Waals surface area contributed by atoms with Crippen LogP contribution in [-0.4, -0.2) is 66.6 Å². The summed E-state index contributed by atoms with van der Waals surface area (Å²) in [6.45, 7) is 3.41. The number of nitrogens with zero attached hydrogens (tertiary/aromatic N) is 1. The van der Waals surface area contributed by atoms with Crippen LogP contribution in [0.25, 0.3) is 0 Å². The van der Waals surface area contributed by atoms with E-state index >= 15 is 0 Å². The van der Waals surface area contributed by atoms with Crippen LogP contribution in [0, 0.1) is 0 Å². The van der Waals surface area contributed by atoms with Gasteiger partial charge in [-0.05, 0) is 6.92 Å². The van der Waals surface area contributed by atoms with E-state index < -0.39 is 12.1 Å². The Kier molecular flexibility index (Phi) is 8.08. The van der Waals surface area contributed by atoms with Crippen molar-refractivity contribution in [2.75, 3.05) is 33.4 Å². The molecule has 3 N–H and O–H groups in total. The van der Waals surface area contributed by atoms with Crippen molar-refractivity contribution in [3.05, 3.63) is 0 Å². The van der Waals surface area contributed by atoms with E-state index in [1.165, 1.54) is 4.90 Å². The van der Waals surface area contributed by atoms with Crippen LogP contribution in [0.15, 0.2) is 0 Å². The number of urea groups is 1. The number of aliphatic hydroxyl groups is 1. The van der Waals surface area contributed by atoms with Crippen molar-refractivity contribution in [3.8, 4) is 0 Å². The quantitative estimate of drug-likeness (QED) is 0.538. The van der Waals surface area contributed by atoms with Crippen LogP contribution in [0.4, 0.5) is 4.79 Å². The molecule has 2 amide bonds. The maximum absolute atomic E-state index is 11.6. The summed E-state index contributed by atoms with van der Waals surface area (Å²) in [4.78, 5) is 23.4. The van der Waals surface area contributed by atoms with E-state index in [-0.39, 0.29) is 19.0 Å². The number of ether oxygens (including phenoxy) is 1. The maximum atomic E-state index is 11.6. The molecule has 0 spiro atoms. The summed E-state index contributed by atoms with van der Waals surface area (Å²) >= 11 is 0. The van der Waals surface area contributed by atoms with Gasteiger partial charge < -0.3 is 25.2 Å². The predicted molar refractivity (Wildman–Crippen MR) is 60.8 cm³/mol. The lowest BCUT2D eigenvalue weighted by molar-refractivity contribution is -0.146. The molecule has 0 rings (SSSR count). The van der Waals surface area contributed by atoms with Gasteiger partial charge in [0.1, 0.15) is 0 Å². The smallest absolute Gasteiger partial charge is 0.332 e. The predicted octanol–water partition coefficient (Wildman–Crippen LogP) is -0.500. The monoisotopic (exact) mass is 248 g/mol. The first kappa shape index (κ1) is 15.7. The molecule has 0 aromatic carbocycles. The molecule has 17 heavy (non-hydrogen) atoms. The van der Waals surface area contributed by atoms with Gasteiger partial charge in [-0.1, -0.05) is 0 Å². The molecule has 100 valence electrons. The fourth-order valence-electron chi connectivity index (χ4n) is 1.16. The molecule has 7 heteroatoms. The highest BCUT2D eigenvalue weighted by atomic mass is 16.5. The topological polar surface area (TPSA) is 99.1 Å². The number of carbonyl (C=O) groups excluding carboxylic acids is 1. The Morgan fingerprint density at radius 3 is 2.59 bits per heavy atom. The molecule has 0 saturated heterocycles. The standard InChI is InChI=1S/C10H20N2O5/c1-3-12(6-7-17-2)10(16)11-5-4-8(13)9(14)15/h8,13H,3-7H2,1-2H3,(H,11,16)(H,14,15). The number of carboxylic acids is 1. The second kappa shape index (κ2) is 8.77. The lowest BCUT2D eigenvalue weighted by Crippen LogP contribution is -2.42. The lowest BCUT2D eigenvalue weighted by atomic mass is 10.2. The third-order valence-corrected chi connectivity index (χ3v) is 2.21. The van der Waals surface area contributed by atoms with Gasteiger partial charge >= 0.3 is 12.0 Å². The van der Waals surface area contributed by atoms with E-state index in [1.54, 1.807) is 7.11 Å². The molecule has 7 nitrogen and oxygen atoms in total. The van der Waals surface area contributed by atoms with Crippen LogP contribution in [0.2, 0.25) is 0 Å². The molecule has 0 aliphatic heterocycles. The van der Waals surface area contributed by atoms with Gasteiger partial charge in [-0.2, -0.15) is 0 Å². The van der Waals surface area contributed by atoms with Crippen LogP contribution in [0.1, 0.15) is 13.3 Å². The Morgan fingerprint density at radius 2 is 2.12 bits per heavy atom. The molecule has 0 fully saturated rings. The first-order chi connectivity index (χ1) is 8.02. The molecule has 0 heterocycles. The highest BCUT2D eigenvalue weighted by Crippen LogP contribution is 1.92. The Bertz CT molecular complexity index is 247. The van der Waals surface area contributed by atoms with E-state index in [1.807, 2.05) is 6.92 Å². The van der Waals surface area contributed by atoms with Gasteiger partial charge in [-0.15, -0.1) is 0 Å². The Labute approximate surface area is 100 Å². The number of aliphatic hydroxyl groups excluding tert-OH is 1. The third-order valence-electron chi connectivity index (χ3n) is 2.21. The van der Waals surface area contributed by atoms with Gasteiger partial charge in [-0.3, -0.25) is 0 Å². The van der Waals surface area contributed by atoms with Gasteiger partial charge in [0, 0.05) is 33.2 Å².